The molecular formula is C61H68N5O14S2+. The number of methoxy groups -OCH3 is 3. The lowest BCUT2D eigenvalue weighted by Gasteiger charge is -2.50. The molecule has 0 saturated carbocycles. The van der Waals surface area contributed by atoms with Gasteiger partial charge in [-0.1, -0.05) is 41.6 Å². The van der Waals surface area contributed by atoms with Crippen LogP contribution in [0.2, 0.25) is 0 Å². The number of aryl methyl sites for hydroxylation is 1. The molecule has 0 N–H and O–H groups in total. The highest BCUT2D eigenvalue weighted by atomic mass is 32.2. The number of nitrogens with zero attached hydrogens (tertiary/aromatic N) is 5. The van der Waals surface area contributed by atoms with Crippen LogP contribution >= 0.6 is 23.1 Å². The maximum absolute atomic E-state index is 14.7. The minimum atomic E-state index is -1.58. The molecule has 0 aliphatic carbocycles. The monoisotopic (exact) mass is 1160 g/mol. The van der Waals surface area contributed by atoms with E-state index >= 15 is 0 Å². The Morgan fingerprint density at radius 1 is 0.756 bits per heavy atom. The first-order chi connectivity index (χ1) is 39.2. The number of esters is 2. The second-order valence-corrected chi connectivity index (χ2v) is 24.2. The largest absolute Gasteiger partial charge is 0.497 e. The molecule has 4 aromatic carbocycles. The van der Waals surface area contributed by atoms with Crippen molar-refractivity contribution in [2.75, 3.05) is 59.8 Å². The molecular weight excluding hydrogens is 1090 g/mol. The molecule has 2 atom stereocenters. The van der Waals surface area contributed by atoms with Gasteiger partial charge in [0, 0.05) is 36.0 Å². The Balaban J connectivity index is 0.964. The number of aromatic nitrogens is 1. The number of carbonyl (C=O) groups is 6. The van der Waals surface area contributed by atoms with E-state index in [1.54, 1.807) is 90.8 Å². The third kappa shape index (κ3) is 13.1. The summed E-state index contributed by atoms with van der Waals surface area (Å²) in [7, 11) is 4.74. The van der Waals surface area contributed by atoms with Gasteiger partial charge < -0.3 is 42.5 Å². The van der Waals surface area contributed by atoms with E-state index in [2.05, 4.69) is 10.1 Å². The normalized spacial score (nSPS) is 17.7. The van der Waals surface area contributed by atoms with Gasteiger partial charge in [-0.15, -0.1) is 23.1 Å². The highest BCUT2D eigenvalue weighted by Crippen LogP contribution is 2.47. The molecule has 4 aliphatic heterocycles. The van der Waals surface area contributed by atoms with Gasteiger partial charge in [0.15, 0.2) is 23.0 Å². The number of amides is 3. The molecule has 0 spiro atoms. The first kappa shape index (κ1) is 58.9. The van der Waals surface area contributed by atoms with Gasteiger partial charge in [-0.25, -0.2) is 14.6 Å². The van der Waals surface area contributed by atoms with Gasteiger partial charge in [-0.3, -0.25) is 29.0 Å². The average molecular weight is 1160 g/mol. The number of Topliss-reactive ketones (excluding diaryl/α,β-unsaturated/α-hetero) is 1. The maximum Gasteiger partial charge on any atom is 0.355 e. The number of imide groups is 1. The van der Waals surface area contributed by atoms with Crippen LogP contribution in [-0.4, -0.2) is 137 Å². The van der Waals surface area contributed by atoms with E-state index in [0.717, 1.165) is 24.0 Å². The number of fused-ring (bicyclic) bond motifs is 2. The van der Waals surface area contributed by atoms with Gasteiger partial charge in [0.1, 0.15) is 60.6 Å². The van der Waals surface area contributed by atoms with Crippen molar-refractivity contribution < 1.29 is 71.2 Å². The molecule has 21 heteroatoms. The van der Waals surface area contributed by atoms with Crippen molar-refractivity contribution in [1.29, 1.82) is 0 Å². The van der Waals surface area contributed by atoms with Crippen LogP contribution < -0.4 is 23.7 Å². The van der Waals surface area contributed by atoms with Crippen LogP contribution in [0, 0.1) is 12.8 Å². The summed E-state index contributed by atoms with van der Waals surface area (Å²) in [6, 6.07) is 25.1. The van der Waals surface area contributed by atoms with Gasteiger partial charge in [-0.05, 0) is 107 Å². The van der Waals surface area contributed by atoms with E-state index in [0.29, 0.717) is 75.6 Å². The van der Waals surface area contributed by atoms with Crippen LogP contribution in [0.15, 0.2) is 107 Å². The van der Waals surface area contributed by atoms with Crippen molar-refractivity contribution >= 4 is 64.3 Å². The van der Waals surface area contributed by atoms with Crippen molar-refractivity contribution in [2.24, 2.45) is 11.1 Å². The summed E-state index contributed by atoms with van der Waals surface area (Å²) in [6.45, 7) is 12.2. The predicted octanol–water partition coefficient (Wildman–Crippen LogP) is 8.87. The number of rotatable bonds is 24. The van der Waals surface area contributed by atoms with Crippen LogP contribution in [-0.2, 0) is 53.3 Å². The zero-order valence-corrected chi connectivity index (χ0v) is 49.2. The fraction of sp³-hybridized carbons (Fsp3) is 0.410. The van der Waals surface area contributed by atoms with Crippen molar-refractivity contribution in [3.05, 3.63) is 140 Å². The average Bonchev–Trinajstić information content (AvgIpc) is 4.31. The first-order valence-corrected chi connectivity index (χ1v) is 28.9. The topological polar surface area (TPSA) is 208 Å². The number of ether oxygens (including phenoxy) is 7. The van der Waals surface area contributed by atoms with Crippen LogP contribution in [0.1, 0.15) is 102 Å². The third-order valence-corrected chi connectivity index (χ3v) is 16.8. The van der Waals surface area contributed by atoms with Gasteiger partial charge >= 0.3 is 11.9 Å². The van der Waals surface area contributed by atoms with E-state index in [9.17, 15) is 28.8 Å². The smallest absolute Gasteiger partial charge is 0.355 e. The summed E-state index contributed by atoms with van der Waals surface area (Å²) in [4.78, 5) is 98.8. The van der Waals surface area contributed by atoms with Crippen molar-refractivity contribution in [1.82, 2.24) is 14.8 Å². The lowest BCUT2D eigenvalue weighted by molar-refractivity contribution is -0.911. The lowest BCUT2D eigenvalue weighted by atomic mass is 9.89. The SMILES string of the molecule is COc1ccc(COC(=O)C2=C(C[N+]3(CCN4C(=O)c5ccc(OCc6ccc(OC)cc6)c(OCc6ccc(OC)cc6)c5C4=O)CCCC3)CS[C@@H]3[C@H](CC(=O)/C(=N\OC(C)(C)C(=O)OC(C)(C)C)c4csc(C)n4)C(=O)N23)cc1. The molecule has 2 saturated heterocycles. The maximum atomic E-state index is 14.7. The van der Waals surface area contributed by atoms with Crippen LogP contribution in [0.4, 0.5) is 0 Å². The second kappa shape index (κ2) is 24.8. The third-order valence-electron chi connectivity index (χ3n) is 14.7. The fourth-order valence-electron chi connectivity index (χ4n) is 10.2. The van der Waals surface area contributed by atoms with E-state index in [4.69, 9.17) is 38.0 Å². The minimum absolute atomic E-state index is 0.0561. The number of thiazole rings is 1. The molecule has 82 heavy (non-hydrogen) atoms. The molecule has 19 nitrogen and oxygen atoms in total. The Kier molecular flexibility index (Phi) is 17.8. The van der Waals surface area contributed by atoms with Gasteiger partial charge in [0.2, 0.25) is 11.5 Å². The standard InChI is InChI=1S/C61H68N5O14S2/c1-37-62-47(36-81-37)51(63-80-61(5,6)59(72)79-60(2,3)4)48(67)30-46-55(69)65-52(58(71)78-34-40-16-22-44(75-9)23-17-40)41(35-82-57(46)65)31-66(27-10-11-28-66)29-26-64-54(68)45-24-25-49(76-32-38-12-18-42(73-7)19-13-38)53(50(45)56(64)70)77-33-39-14-20-43(74-8)21-15-39/h12-25,36,46,57H,10-11,26-35H2,1-9H3/q+1/b63-51-/t46-,57-/m1/s1. The molecule has 5 heterocycles. The van der Waals surface area contributed by atoms with Gasteiger partial charge in [0.05, 0.1) is 74.9 Å². The highest BCUT2D eigenvalue weighted by Gasteiger charge is 2.55. The first-order valence-electron chi connectivity index (χ1n) is 27.0. The molecule has 0 bridgehead atoms. The summed E-state index contributed by atoms with van der Waals surface area (Å²) in [6.07, 6.45) is 1.43. The lowest BCUT2D eigenvalue weighted by Crippen LogP contribution is -2.63. The number of hydrogen-bond donors (Lipinski definition) is 0. The summed E-state index contributed by atoms with van der Waals surface area (Å²) < 4.78 is 40.7. The van der Waals surface area contributed by atoms with Gasteiger partial charge in [0.25, 0.3) is 11.8 Å². The number of thioether (sulfide) groups is 1. The summed E-state index contributed by atoms with van der Waals surface area (Å²) in [5, 5.41) is 5.91. The highest BCUT2D eigenvalue weighted by molar-refractivity contribution is 8.00. The predicted molar refractivity (Wildman–Crippen MR) is 306 cm³/mol. The molecule has 3 amide bonds. The molecule has 2 fully saturated rings. The summed E-state index contributed by atoms with van der Waals surface area (Å²) in [5.41, 5.74) is 1.14. The zero-order valence-electron chi connectivity index (χ0n) is 47.6. The Bertz CT molecular complexity index is 3290. The van der Waals surface area contributed by atoms with Crippen molar-refractivity contribution in [2.45, 2.75) is 97.2 Å². The molecule has 4 aliphatic rings. The molecule has 1 aromatic heterocycles. The molecule has 9 rings (SSSR count). The molecule has 0 unspecified atom stereocenters. The zero-order chi connectivity index (χ0) is 58.5. The fourth-order valence-corrected chi connectivity index (χ4v) is 12.2. The van der Waals surface area contributed by atoms with E-state index in [1.807, 2.05) is 48.5 Å². The van der Waals surface area contributed by atoms with Crippen LogP contribution in [0.3, 0.4) is 0 Å². The minimum Gasteiger partial charge on any atom is -0.497 e. The number of carbonyl (C=O) groups excluding carboxylic acids is 6. The molecule has 5 aromatic rings. The Labute approximate surface area is 485 Å². The van der Waals surface area contributed by atoms with Gasteiger partial charge in [-0.2, -0.15) is 0 Å². The quantitative estimate of drug-likeness (QED) is 0.0141. The second-order valence-electron chi connectivity index (χ2n) is 22.0. The van der Waals surface area contributed by atoms with Crippen molar-refractivity contribution in [3.63, 3.8) is 0 Å². The van der Waals surface area contributed by atoms with Crippen molar-refractivity contribution in [3.8, 4) is 28.7 Å². The van der Waals surface area contributed by atoms with Crippen LogP contribution in [0.25, 0.3) is 0 Å². The number of hydrogen-bond acceptors (Lipinski definition) is 18. The summed E-state index contributed by atoms with van der Waals surface area (Å²) in [5.74, 6) is -1.42. The van der Waals surface area contributed by atoms with E-state index in [1.165, 1.54) is 46.7 Å². The Morgan fingerprint density at radius 2 is 1.34 bits per heavy atom. The number of likely N-dealkylation sites (tertiary alicyclic amines) is 1. The molecule has 432 valence electrons. The number of β-lactam (4-membered cyclic amide) rings is 1. The molecule has 0 radical (unpaired) electrons. The summed E-state index contributed by atoms with van der Waals surface area (Å²) >= 11 is 2.74. The van der Waals surface area contributed by atoms with E-state index in [-0.39, 0.29) is 66.8 Å². The number of benzene rings is 4. The number of oxime groups is 1. The van der Waals surface area contributed by atoms with E-state index < -0.39 is 57.9 Å². The Hall–Kier alpha value is -7.75. The number of ketones is 1. The van der Waals surface area contributed by atoms with Crippen LogP contribution in [0.5, 0.6) is 28.7 Å². The number of quaternary nitrogens is 1. The Morgan fingerprint density at radius 3 is 1.90 bits per heavy atom.